The van der Waals surface area contributed by atoms with Crippen LogP contribution in [0.5, 0.6) is 0 Å². The second-order valence-electron chi connectivity index (χ2n) is 6.55. The highest BCUT2D eigenvalue weighted by molar-refractivity contribution is 6.60. The minimum absolute atomic E-state index is 0.915. The first-order valence-corrected chi connectivity index (χ1v) is 11.9. The van der Waals surface area contributed by atoms with E-state index in [0.717, 1.165) is 25.7 Å². The molecular weight excluding hydrogens is 320 g/mol. The molecule has 5 heteroatoms. The van der Waals surface area contributed by atoms with E-state index in [1.165, 1.54) is 70.6 Å². The van der Waals surface area contributed by atoms with E-state index in [2.05, 4.69) is 6.92 Å². The molecule has 146 valence electrons. The molecule has 0 aliphatic carbocycles. The van der Waals surface area contributed by atoms with Gasteiger partial charge in [-0.3, -0.25) is 0 Å². The van der Waals surface area contributed by atoms with Gasteiger partial charge in [-0.25, -0.2) is 0 Å². The van der Waals surface area contributed by atoms with Crippen LogP contribution in [-0.4, -0.2) is 43.3 Å². The van der Waals surface area contributed by atoms with Crippen molar-refractivity contribution in [3.8, 4) is 0 Å². The Bertz CT molecular complexity index is 239. The lowest BCUT2D eigenvalue weighted by Gasteiger charge is -2.24. The van der Waals surface area contributed by atoms with Crippen LogP contribution in [0.25, 0.3) is 0 Å². The summed E-state index contributed by atoms with van der Waals surface area (Å²) < 4.78 is 22.0. The van der Waals surface area contributed by atoms with Crippen molar-refractivity contribution in [2.45, 2.75) is 90.0 Å². The molecule has 0 radical (unpaired) electrons. The number of hydrogen-bond acceptors (Lipinski definition) is 4. The molecule has 0 N–H and O–H groups in total. The lowest BCUT2D eigenvalue weighted by molar-refractivity contribution is 0.122. The van der Waals surface area contributed by atoms with Crippen LogP contribution in [0.4, 0.5) is 0 Å². The molecule has 0 aromatic carbocycles. The second-order valence-corrected chi connectivity index (χ2v) is 9.64. The van der Waals surface area contributed by atoms with Crippen molar-refractivity contribution in [3.05, 3.63) is 0 Å². The van der Waals surface area contributed by atoms with Gasteiger partial charge in [0, 0.05) is 40.6 Å². The first kappa shape index (κ1) is 24.1. The molecule has 0 amide bonds. The van der Waals surface area contributed by atoms with E-state index in [0.29, 0.717) is 0 Å². The average Bonchev–Trinajstić information content (AvgIpc) is 2.62. The number of ether oxygens (including phenoxy) is 1. The Balaban J connectivity index is 3.23. The summed E-state index contributed by atoms with van der Waals surface area (Å²) in [6.45, 7) is 4.14. The zero-order chi connectivity index (χ0) is 17.9. The maximum atomic E-state index is 5.71. The first-order chi connectivity index (χ1) is 11.7. The summed E-state index contributed by atoms with van der Waals surface area (Å²) in [5, 5.41) is 0. The predicted molar refractivity (Wildman–Crippen MR) is 103 cm³/mol. The fourth-order valence-electron chi connectivity index (χ4n) is 2.90. The fourth-order valence-corrected chi connectivity index (χ4v) is 4.69. The molecule has 0 saturated heterocycles. The van der Waals surface area contributed by atoms with E-state index in [1.807, 2.05) is 0 Å². The fraction of sp³-hybridized carbons (Fsp3) is 1.00. The third kappa shape index (κ3) is 13.4. The van der Waals surface area contributed by atoms with Crippen molar-refractivity contribution in [1.29, 1.82) is 0 Å². The van der Waals surface area contributed by atoms with Crippen LogP contribution in [0.2, 0.25) is 6.04 Å². The molecule has 24 heavy (non-hydrogen) atoms. The lowest BCUT2D eigenvalue weighted by Crippen LogP contribution is -2.42. The molecule has 4 nitrogen and oxygen atoms in total. The minimum atomic E-state index is -2.34. The molecule has 0 heterocycles. The summed E-state index contributed by atoms with van der Waals surface area (Å²) in [5.74, 6) is 0. The smallest absolute Gasteiger partial charge is 0.381 e. The van der Waals surface area contributed by atoms with Crippen molar-refractivity contribution in [2.75, 3.05) is 34.5 Å². The zero-order valence-electron chi connectivity index (χ0n) is 16.7. The molecule has 0 unspecified atom stereocenters. The van der Waals surface area contributed by atoms with Crippen molar-refractivity contribution < 1.29 is 18.0 Å². The average molecular weight is 363 g/mol. The van der Waals surface area contributed by atoms with Gasteiger partial charge in [0.05, 0.1) is 0 Å². The number of unbranched alkanes of at least 4 members (excludes halogenated alkanes) is 10. The molecule has 0 aliphatic rings. The third-order valence-corrected chi connectivity index (χ3v) is 7.43. The van der Waals surface area contributed by atoms with Crippen molar-refractivity contribution in [2.24, 2.45) is 0 Å². The highest BCUT2D eigenvalue weighted by atomic mass is 28.4. The normalized spacial score (nSPS) is 12.0. The Morgan fingerprint density at radius 1 is 0.542 bits per heavy atom. The number of hydrogen-bond donors (Lipinski definition) is 0. The van der Waals surface area contributed by atoms with Gasteiger partial charge < -0.3 is 18.0 Å². The quantitative estimate of drug-likeness (QED) is 0.222. The third-order valence-electron chi connectivity index (χ3n) is 4.60. The maximum absolute atomic E-state index is 5.71. The van der Waals surface area contributed by atoms with Gasteiger partial charge in [0.25, 0.3) is 0 Å². The van der Waals surface area contributed by atoms with Gasteiger partial charge >= 0.3 is 8.80 Å². The summed E-state index contributed by atoms with van der Waals surface area (Å²) in [6.07, 6.45) is 15.4. The summed E-state index contributed by atoms with van der Waals surface area (Å²) in [6, 6.07) is 0.915. The van der Waals surface area contributed by atoms with Gasteiger partial charge in [-0.2, -0.15) is 0 Å². The Morgan fingerprint density at radius 3 is 1.42 bits per heavy atom. The molecule has 0 aromatic heterocycles. The van der Waals surface area contributed by atoms with Crippen molar-refractivity contribution in [3.63, 3.8) is 0 Å². The minimum Gasteiger partial charge on any atom is -0.381 e. The second kappa shape index (κ2) is 17.9. The van der Waals surface area contributed by atoms with Crippen LogP contribution in [0.3, 0.4) is 0 Å². The number of rotatable bonds is 19. The van der Waals surface area contributed by atoms with Crippen LogP contribution >= 0.6 is 0 Å². The van der Waals surface area contributed by atoms with Gasteiger partial charge in [0.2, 0.25) is 0 Å². The predicted octanol–water partition coefficient (Wildman–Crippen LogP) is 5.58. The molecule has 0 fully saturated rings. The van der Waals surface area contributed by atoms with Gasteiger partial charge in [0.1, 0.15) is 0 Å². The van der Waals surface area contributed by atoms with E-state index in [1.54, 1.807) is 21.3 Å². The summed E-state index contributed by atoms with van der Waals surface area (Å²) >= 11 is 0. The molecule has 0 aliphatic heterocycles. The summed E-state index contributed by atoms with van der Waals surface area (Å²) in [4.78, 5) is 0. The first-order valence-electron chi connectivity index (χ1n) is 9.98. The van der Waals surface area contributed by atoms with Crippen molar-refractivity contribution in [1.82, 2.24) is 0 Å². The summed E-state index contributed by atoms with van der Waals surface area (Å²) in [7, 11) is 2.71. The molecule has 0 atom stereocenters. The van der Waals surface area contributed by atoms with Crippen LogP contribution in [0.1, 0.15) is 84.0 Å². The Kier molecular flexibility index (Phi) is 17.9. The lowest BCUT2D eigenvalue weighted by atomic mass is 10.1. The topological polar surface area (TPSA) is 36.9 Å². The van der Waals surface area contributed by atoms with Gasteiger partial charge in [-0.05, 0) is 19.3 Å². The maximum Gasteiger partial charge on any atom is 0.500 e. The van der Waals surface area contributed by atoms with Crippen LogP contribution in [0, 0.1) is 0 Å². The molecule has 0 spiro atoms. The van der Waals surface area contributed by atoms with E-state index in [9.17, 15) is 0 Å². The molecule has 0 rings (SSSR count). The Labute approximate surface area is 152 Å². The molecule has 0 saturated carbocycles. The van der Waals surface area contributed by atoms with Gasteiger partial charge in [-0.1, -0.05) is 64.7 Å². The highest BCUT2D eigenvalue weighted by Gasteiger charge is 2.36. The molecule has 0 aromatic rings. The Hall–Kier alpha value is 0.0569. The molecule has 0 bridgehead atoms. The Morgan fingerprint density at radius 2 is 0.958 bits per heavy atom. The largest absolute Gasteiger partial charge is 0.500 e. The van der Waals surface area contributed by atoms with E-state index < -0.39 is 8.80 Å². The van der Waals surface area contributed by atoms with Crippen LogP contribution < -0.4 is 0 Å². The standard InChI is InChI=1S/C19H42O4Si/c1-5-6-7-8-11-14-17-23-18-15-12-9-10-13-16-19-24(20-2,21-3)22-4/h5-19H2,1-4H3. The van der Waals surface area contributed by atoms with Crippen LogP contribution in [0.15, 0.2) is 0 Å². The van der Waals surface area contributed by atoms with Gasteiger partial charge in [0.15, 0.2) is 0 Å². The van der Waals surface area contributed by atoms with E-state index >= 15 is 0 Å². The van der Waals surface area contributed by atoms with Crippen molar-refractivity contribution >= 4 is 8.80 Å². The zero-order valence-corrected chi connectivity index (χ0v) is 17.7. The van der Waals surface area contributed by atoms with E-state index in [4.69, 9.17) is 18.0 Å². The highest BCUT2D eigenvalue weighted by Crippen LogP contribution is 2.18. The van der Waals surface area contributed by atoms with Crippen LogP contribution in [-0.2, 0) is 18.0 Å². The summed E-state index contributed by atoms with van der Waals surface area (Å²) in [5.41, 5.74) is 0. The monoisotopic (exact) mass is 362 g/mol. The molecular formula is C19H42O4Si. The van der Waals surface area contributed by atoms with E-state index in [-0.39, 0.29) is 0 Å². The van der Waals surface area contributed by atoms with Gasteiger partial charge in [-0.15, -0.1) is 0 Å². The SMILES string of the molecule is CCCCCCCCOCCCCCCCC[Si](OC)(OC)OC.